The van der Waals surface area contributed by atoms with Crippen LogP contribution in [0.2, 0.25) is 0 Å². The summed E-state index contributed by atoms with van der Waals surface area (Å²) in [6.07, 6.45) is 5.21. The number of aryl methyl sites for hydroxylation is 1. The van der Waals surface area contributed by atoms with Crippen LogP contribution in [0.3, 0.4) is 0 Å². The second-order valence-electron chi connectivity index (χ2n) is 4.10. The second kappa shape index (κ2) is 5.81. The number of nitrogens with zero attached hydrogens (tertiary/aromatic N) is 6. The minimum absolute atomic E-state index is 0.258. The van der Waals surface area contributed by atoms with Crippen LogP contribution in [-0.2, 0) is 6.54 Å². The van der Waals surface area contributed by atoms with Crippen LogP contribution >= 0.6 is 11.3 Å². The molecular weight excluding hydrogens is 290 g/mol. The van der Waals surface area contributed by atoms with Crippen molar-refractivity contribution in [2.75, 3.05) is 10.7 Å². The Kier molecular flexibility index (Phi) is 3.71. The molecule has 4 N–H and O–H groups in total. The van der Waals surface area contributed by atoms with Gasteiger partial charge in [0.15, 0.2) is 0 Å². The third-order valence-corrected chi connectivity index (χ3v) is 3.44. The average Bonchev–Trinajstić information content (AvgIpc) is 3.16. The zero-order valence-electron chi connectivity index (χ0n) is 11.2. The van der Waals surface area contributed by atoms with E-state index in [2.05, 4.69) is 35.8 Å². The fourth-order valence-corrected chi connectivity index (χ4v) is 2.36. The van der Waals surface area contributed by atoms with E-state index in [9.17, 15) is 0 Å². The summed E-state index contributed by atoms with van der Waals surface area (Å²) in [5, 5.41) is 8.14. The molecule has 10 heteroatoms. The third kappa shape index (κ3) is 3.12. The Morgan fingerprint density at radius 1 is 1.29 bits per heavy atom. The van der Waals surface area contributed by atoms with E-state index in [0.29, 0.717) is 18.4 Å². The highest BCUT2D eigenvalue weighted by molar-refractivity contribution is 7.11. The first-order valence-corrected chi connectivity index (χ1v) is 6.94. The van der Waals surface area contributed by atoms with Crippen molar-refractivity contribution in [1.29, 1.82) is 0 Å². The zero-order valence-corrected chi connectivity index (χ0v) is 12.0. The molecule has 0 aliphatic carbocycles. The van der Waals surface area contributed by atoms with E-state index in [1.165, 1.54) is 4.68 Å². The normalized spacial score (nSPS) is 10.6. The SMILES string of the molecule is Cc1cnc(CNc2nc(NN)nc(-n3cccn3)n2)s1. The minimum atomic E-state index is 0.258. The largest absolute Gasteiger partial charge is 0.348 e. The molecule has 0 aliphatic rings. The van der Waals surface area contributed by atoms with Crippen LogP contribution in [0.15, 0.2) is 24.7 Å². The summed E-state index contributed by atoms with van der Waals surface area (Å²) in [7, 11) is 0. The number of nitrogens with one attached hydrogen (secondary N) is 2. The molecule has 0 aromatic carbocycles. The van der Waals surface area contributed by atoms with Crippen LogP contribution in [0.25, 0.3) is 5.95 Å². The summed E-state index contributed by atoms with van der Waals surface area (Å²) >= 11 is 1.62. The van der Waals surface area contributed by atoms with Crippen molar-refractivity contribution in [3.8, 4) is 5.95 Å². The highest BCUT2D eigenvalue weighted by Crippen LogP contribution is 2.13. The second-order valence-corrected chi connectivity index (χ2v) is 5.42. The highest BCUT2D eigenvalue weighted by Gasteiger charge is 2.08. The van der Waals surface area contributed by atoms with Gasteiger partial charge in [-0.3, -0.25) is 5.43 Å². The predicted molar refractivity (Wildman–Crippen MR) is 78.9 cm³/mol. The lowest BCUT2D eigenvalue weighted by Gasteiger charge is -2.07. The fraction of sp³-hybridized carbons (Fsp3) is 0.182. The molecule has 0 fully saturated rings. The lowest BCUT2D eigenvalue weighted by Crippen LogP contribution is -2.16. The summed E-state index contributed by atoms with van der Waals surface area (Å²) in [5.74, 6) is 6.41. The minimum Gasteiger partial charge on any atom is -0.348 e. The van der Waals surface area contributed by atoms with Gasteiger partial charge in [0.25, 0.3) is 5.95 Å². The van der Waals surface area contributed by atoms with Gasteiger partial charge in [-0.05, 0) is 13.0 Å². The average molecular weight is 303 g/mol. The molecule has 108 valence electrons. The van der Waals surface area contributed by atoms with Crippen LogP contribution in [-0.4, -0.2) is 29.7 Å². The smallest absolute Gasteiger partial charge is 0.257 e. The van der Waals surface area contributed by atoms with E-state index < -0.39 is 0 Å². The van der Waals surface area contributed by atoms with E-state index in [-0.39, 0.29) is 5.95 Å². The number of thiazole rings is 1. The summed E-state index contributed by atoms with van der Waals surface area (Å²) < 4.78 is 1.53. The van der Waals surface area contributed by atoms with Gasteiger partial charge in [0, 0.05) is 23.5 Å². The van der Waals surface area contributed by atoms with Crippen molar-refractivity contribution in [3.63, 3.8) is 0 Å². The molecule has 9 nitrogen and oxygen atoms in total. The molecule has 0 unspecified atom stereocenters. The van der Waals surface area contributed by atoms with Crippen LogP contribution < -0.4 is 16.6 Å². The van der Waals surface area contributed by atoms with Crippen molar-refractivity contribution in [1.82, 2.24) is 29.7 Å². The molecular formula is C11H13N9S. The number of anilines is 2. The molecule has 21 heavy (non-hydrogen) atoms. The number of nitrogen functional groups attached to an aromatic ring is 1. The number of aromatic nitrogens is 6. The molecule has 0 atom stereocenters. The number of nitrogens with two attached hydrogens (primary N) is 1. The first-order chi connectivity index (χ1) is 10.2. The molecule has 0 aliphatic heterocycles. The molecule has 3 aromatic rings. The Balaban J connectivity index is 1.82. The molecule has 0 saturated heterocycles. The number of rotatable bonds is 5. The Labute approximate surface area is 124 Å². The van der Waals surface area contributed by atoms with Crippen molar-refractivity contribution >= 4 is 23.2 Å². The van der Waals surface area contributed by atoms with Gasteiger partial charge in [-0.2, -0.15) is 20.1 Å². The van der Waals surface area contributed by atoms with Crippen molar-refractivity contribution in [2.45, 2.75) is 13.5 Å². The highest BCUT2D eigenvalue weighted by atomic mass is 32.1. The summed E-state index contributed by atoms with van der Waals surface area (Å²) in [4.78, 5) is 18.0. The first kappa shape index (κ1) is 13.4. The Hall–Kier alpha value is -2.59. The maximum atomic E-state index is 5.38. The lowest BCUT2D eigenvalue weighted by atomic mass is 10.6. The van der Waals surface area contributed by atoms with Crippen LogP contribution in [0.4, 0.5) is 11.9 Å². The van der Waals surface area contributed by atoms with E-state index in [1.54, 1.807) is 29.8 Å². The molecule has 0 spiro atoms. The van der Waals surface area contributed by atoms with Crippen molar-refractivity contribution < 1.29 is 0 Å². The van der Waals surface area contributed by atoms with E-state index in [1.807, 2.05) is 13.1 Å². The molecule has 0 amide bonds. The quantitative estimate of drug-likeness (QED) is 0.466. The first-order valence-electron chi connectivity index (χ1n) is 6.12. The van der Waals surface area contributed by atoms with Gasteiger partial charge in [0.2, 0.25) is 11.9 Å². The van der Waals surface area contributed by atoms with Gasteiger partial charge in [-0.15, -0.1) is 11.3 Å². The van der Waals surface area contributed by atoms with E-state index in [4.69, 9.17) is 5.84 Å². The van der Waals surface area contributed by atoms with Gasteiger partial charge in [-0.1, -0.05) is 0 Å². The summed E-state index contributed by atoms with van der Waals surface area (Å²) in [6.45, 7) is 2.54. The third-order valence-electron chi connectivity index (χ3n) is 2.53. The molecule has 3 heterocycles. The van der Waals surface area contributed by atoms with Crippen LogP contribution in [0, 0.1) is 6.92 Å². The van der Waals surface area contributed by atoms with Gasteiger partial charge < -0.3 is 5.32 Å². The molecule has 0 saturated carbocycles. The molecule has 0 bridgehead atoms. The van der Waals surface area contributed by atoms with Crippen LogP contribution in [0.1, 0.15) is 9.88 Å². The van der Waals surface area contributed by atoms with Gasteiger partial charge in [0.05, 0.1) is 6.54 Å². The summed E-state index contributed by atoms with van der Waals surface area (Å²) in [5.41, 5.74) is 2.42. The van der Waals surface area contributed by atoms with Gasteiger partial charge in [0.1, 0.15) is 5.01 Å². The zero-order chi connectivity index (χ0) is 14.7. The lowest BCUT2D eigenvalue weighted by molar-refractivity contribution is 0.795. The Bertz CT molecular complexity index is 721. The van der Waals surface area contributed by atoms with Crippen LogP contribution in [0.5, 0.6) is 0 Å². The monoisotopic (exact) mass is 303 g/mol. The van der Waals surface area contributed by atoms with Crippen molar-refractivity contribution in [2.24, 2.45) is 5.84 Å². The van der Waals surface area contributed by atoms with Gasteiger partial charge >= 0.3 is 0 Å². The maximum Gasteiger partial charge on any atom is 0.257 e. The summed E-state index contributed by atoms with van der Waals surface area (Å²) in [6, 6.07) is 1.78. The van der Waals surface area contributed by atoms with Gasteiger partial charge in [-0.25, -0.2) is 15.5 Å². The topological polar surface area (TPSA) is 119 Å². The molecule has 0 radical (unpaired) electrons. The predicted octanol–water partition coefficient (Wildman–Crippen LogP) is 0.720. The van der Waals surface area contributed by atoms with Crippen molar-refractivity contribution in [3.05, 3.63) is 34.5 Å². The Morgan fingerprint density at radius 2 is 2.14 bits per heavy atom. The van der Waals surface area contributed by atoms with E-state index >= 15 is 0 Å². The standard InChI is InChI=1S/C11H13N9S/c1-7-5-13-8(21-7)6-14-9-16-10(19-12)18-11(17-9)20-4-2-3-15-20/h2-5H,6,12H2,1H3,(H2,14,16,17,18,19). The fourth-order valence-electron chi connectivity index (χ4n) is 1.64. The maximum absolute atomic E-state index is 5.38. The number of hydrogen-bond donors (Lipinski definition) is 3. The number of hydrogen-bond acceptors (Lipinski definition) is 9. The Morgan fingerprint density at radius 3 is 2.81 bits per heavy atom. The number of hydrazine groups is 1. The van der Waals surface area contributed by atoms with E-state index in [0.717, 1.165) is 9.88 Å². The molecule has 3 rings (SSSR count). The molecule has 3 aromatic heterocycles.